The lowest BCUT2D eigenvalue weighted by atomic mass is 10.1. The molecule has 1 N–H and O–H groups in total. The van der Waals surface area contributed by atoms with E-state index in [1.807, 2.05) is 0 Å². The van der Waals surface area contributed by atoms with E-state index in [-0.39, 0.29) is 5.69 Å². The number of nitrogens with one attached hydrogen (secondary N) is 1. The highest BCUT2D eigenvalue weighted by Gasteiger charge is 2.31. The minimum atomic E-state index is -4.46. The van der Waals surface area contributed by atoms with Crippen LogP contribution in [0.15, 0.2) is 29.6 Å². The van der Waals surface area contributed by atoms with Gasteiger partial charge in [0.15, 0.2) is 0 Å². The molecule has 0 aliphatic rings. The zero-order chi connectivity index (χ0) is 16.5. The number of alkyl halides is 3. The highest BCUT2D eigenvalue weighted by molar-refractivity contribution is 7.12. The van der Waals surface area contributed by atoms with Crippen LogP contribution < -0.4 is 10.2 Å². The van der Waals surface area contributed by atoms with Crippen molar-refractivity contribution in [2.75, 3.05) is 24.3 Å². The lowest BCUT2D eigenvalue weighted by Gasteiger charge is -2.19. The third kappa shape index (κ3) is 3.41. The third-order valence-corrected chi connectivity index (χ3v) is 4.14. The molecule has 0 unspecified atom stereocenters. The second-order valence-corrected chi connectivity index (χ2v) is 5.93. The average molecular weight is 328 g/mol. The average Bonchev–Trinajstić information content (AvgIpc) is 2.83. The first kappa shape index (κ1) is 16.4. The Balaban J connectivity index is 2.39. The second-order valence-electron chi connectivity index (χ2n) is 5.01. The van der Waals surface area contributed by atoms with Crippen LogP contribution in [0, 0.1) is 6.92 Å². The van der Waals surface area contributed by atoms with Crippen molar-refractivity contribution in [2.45, 2.75) is 13.1 Å². The Morgan fingerprint density at radius 2 is 1.91 bits per heavy atom. The molecule has 2 rings (SSSR count). The van der Waals surface area contributed by atoms with Gasteiger partial charge in [0.05, 0.1) is 21.8 Å². The summed E-state index contributed by atoms with van der Waals surface area (Å²) >= 11 is 1.25. The van der Waals surface area contributed by atoms with E-state index in [2.05, 4.69) is 5.32 Å². The largest absolute Gasteiger partial charge is 0.416 e. The van der Waals surface area contributed by atoms with Crippen molar-refractivity contribution in [3.63, 3.8) is 0 Å². The molecule has 118 valence electrons. The van der Waals surface area contributed by atoms with Crippen LogP contribution in [-0.4, -0.2) is 20.0 Å². The van der Waals surface area contributed by atoms with Gasteiger partial charge in [0.2, 0.25) is 0 Å². The smallest absolute Gasteiger partial charge is 0.376 e. The Bertz CT molecular complexity index is 692. The zero-order valence-electron chi connectivity index (χ0n) is 12.3. The van der Waals surface area contributed by atoms with E-state index in [9.17, 15) is 18.0 Å². The van der Waals surface area contributed by atoms with Gasteiger partial charge in [-0.15, -0.1) is 11.3 Å². The molecular formula is C15H15F3N2OS. The van der Waals surface area contributed by atoms with Crippen LogP contribution in [0.5, 0.6) is 0 Å². The number of thiophene rings is 1. The quantitative estimate of drug-likeness (QED) is 0.906. The maximum Gasteiger partial charge on any atom is 0.416 e. The molecule has 0 saturated carbocycles. The van der Waals surface area contributed by atoms with E-state index in [0.29, 0.717) is 10.6 Å². The molecule has 0 aliphatic heterocycles. The van der Waals surface area contributed by atoms with Gasteiger partial charge in [-0.2, -0.15) is 13.2 Å². The molecule has 1 amide bonds. The summed E-state index contributed by atoms with van der Waals surface area (Å²) in [6, 6.07) is 5.09. The van der Waals surface area contributed by atoms with Gasteiger partial charge in [0.1, 0.15) is 0 Å². The Labute approximate surface area is 130 Å². The first-order valence-electron chi connectivity index (χ1n) is 6.44. The van der Waals surface area contributed by atoms with Crippen molar-refractivity contribution in [3.05, 3.63) is 45.6 Å². The van der Waals surface area contributed by atoms with Crippen LogP contribution in [0.4, 0.5) is 24.5 Å². The molecule has 3 nitrogen and oxygen atoms in total. The van der Waals surface area contributed by atoms with Crippen molar-refractivity contribution in [1.82, 2.24) is 0 Å². The molecule has 2 aromatic rings. The van der Waals surface area contributed by atoms with E-state index in [0.717, 1.165) is 17.7 Å². The fourth-order valence-electron chi connectivity index (χ4n) is 1.99. The van der Waals surface area contributed by atoms with Crippen LogP contribution in [0.3, 0.4) is 0 Å². The summed E-state index contributed by atoms with van der Waals surface area (Å²) in [6.07, 6.45) is -4.46. The molecule has 0 aliphatic carbocycles. The molecule has 0 saturated heterocycles. The minimum Gasteiger partial charge on any atom is -0.376 e. The molecule has 0 spiro atoms. The molecule has 22 heavy (non-hydrogen) atoms. The number of nitrogens with zero attached hydrogens (tertiary/aromatic N) is 1. The van der Waals surface area contributed by atoms with Crippen molar-refractivity contribution in [1.29, 1.82) is 0 Å². The van der Waals surface area contributed by atoms with Crippen LogP contribution in [0.25, 0.3) is 0 Å². The SMILES string of the molecule is Cc1ccsc1C(=O)Nc1cc(C(F)(F)F)ccc1N(C)C. The number of carbonyl (C=O) groups is 1. The number of carbonyl (C=O) groups excluding carboxylic acids is 1. The molecule has 0 fully saturated rings. The lowest BCUT2D eigenvalue weighted by Crippen LogP contribution is -2.17. The second kappa shape index (κ2) is 6.00. The van der Waals surface area contributed by atoms with Crippen molar-refractivity contribution >= 4 is 28.6 Å². The highest BCUT2D eigenvalue weighted by atomic mass is 32.1. The number of anilines is 2. The molecule has 1 aromatic heterocycles. The van der Waals surface area contributed by atoms with E-state index < -0.39 is 17.6 Å². The van der Waals surface area contributed by atoms with Crippen molar-refractivity contribution < 1.29 is 18.0 Å². The molecule has 0 bridgehead atoms. The van der Waals surface area contributed by atoms with Gasteiger partial charge in [-0.25, -0.2) is 0 Å². The predicted octanol–water partition coefficient (Wildman–Crippen LogP) is 4.39. The van der Waals surface area contributed by atoms with E-state index in [1.54, 1.807) is 37.4 Å². The summed E-state index contributed by atoms with van der Waals surface area (Å²) in [6.45, 7) is 1.78. The highest BCUT2D eigenvalue weighted by Crippen LogP contribution is 2.35. The summed E-state index contributed by atoms with van der Waals surface area (Å²) in [5.74, 6) is -0.407. The molecule has 7 heteroatoms. The van der Waals surface area contributed by atoms with Gasteiger partial charge in [0.25, 0.3) is 5.91 Å². The number of hydrogen-bond acceptors (Lipinski definition) is 3. The van der Waals surface area contributed by atoms with Crippen LogP contribution in [-0.2, 0) is 6.18 Å². The van der Waals surface area contributed by atoms with E-state index >= 15 is 0 Å². The number of hydrogen-bond donors (Lipinski definition) is 1. The van der Waals surface area contributed by atoms with Crippen molar-refractivity contribution in [2.24, 2.45) is 0 Å². The summed E-state index contributed by atoms with van der Waals surface area (Å²) < 4.78 is 38.6. The molecule has 0 radical (unpaired) electrons. The fourth-order valence-corrected chi connectivity index (χ4v) is 2.81. The van der Waals surface area contributed by atoms with Gasteiger partial charge in [-0.1, -0.05) is 0 Å². The Morgan fingerprint density at radius 1 is 1.23 bits per heavy atom. The van der Waals surface area contributed by atoms with Crippen LogP contribution >= 0.6 is 11.3 Å². The summed E-state index contributed by atoms with van der Waals surface area (Å²) in [5.41, 5.74) is 0.644. The Kier molecular flexibility index (Phi) is 4.46. The minimum absolute atomic E-state index is 0.137. The normalized spacial score (nSPS) is 11.4. The molecule has 1 aromatic carbocycles. The standard InChI is InChI=1S/C15H15F3N2OS/c1-9-6-7-22-13(9)14(21)19-11-8-10(15(16,17)18)4-5-12(11)20(2)3/h4-8H,1-3H3,(H,19,21). The summed E-state index contributed by atoms with van der Waals surface area (Å²) in [4.78, 5) is 14.4. The molecule has 0 atom stereocenters. The summed E-state index contributed by atoms with van der Waals surface area (Å²) in [5, 5.41) is 4.34. The third-order valence-electron chi connectivity index (χ3n) is 3.12. The van der Waals surface area contributed by atoms with Crippen molar-refractivity contribution in [3.8, 4) is 0 Å². The maximum absolute atomic E-state index is 12.9. The van der Waals surface area contributed by atoms with Crippen LogP contribution in [0.1, 0.15) is 20.8 Å². The molecule has 1 heterocycles. The number of halogens is 3. The zero-order valence-corrected chi connectivity index (χ0v) is 13.1. The van der Waals surface area contributed by atoms with Gasteiger partial charge in [-0.05, 0) is 42.1 Å². The number of aryl methyl sites for hydroxylation is 1. The molecular weight excluding hydrogens is 313 g/mol. The number of amides is 1. The fraction of sp³-hybridized carbons (Fsp3) is 0.267. The van der Waals surface area contributed by atoms with E-state index in [1.165, 1.54) is 17.4 Å². The Hall–Kier alpha value is -2.02. The predicted molar refractivity (Wildman–Crippen MR) is 82.8 cm³/mol. The number of benzene rings is 1. The monoisotopic (exact) mass is 328 g/mol. The maximum atomic E-state index is 12.9. The first-order valence-corrected chi connectivity index (χ1v) is 7.32. The van der Waals surface area contributed by atoms with Gasteiger partial charge in [-0.3, -0.25) is 4.79 Å². The first-order chi connectivity index (χ1) is 10.2. The van der Waals surface area contributed by atoms with E-state index in [4.69, 9.17) is 0 Å². The Morgan fingerprint density at radius 3 is 2.41 bits per heavy atom. The lowest BCUT2D eigenvalue weighted by molar-refractivity contribution is -0.137. The van der Waals surface area contributed by atoms with Gasteiger partial charge >= 0.3 is 6.18 Å². The topological polar surface area (TPSA) is 32.3 Å². The number of rotatable bonds is 3. The van der Waals surface area contributed by atoms with Gasteiger partial charge in [0, 0.05) is 14.1 Å². The summed E-state index contributed by atoms with van der Waals surface area (Å²) in [7, 11) is 3.41. The van der Waals surface area contributed by atoms with Gasteiger partial charge < -0.3 is 10.2 Å². The van der Waals surface area contributed by atoms with Crippen LogP contribution in [0.2, 0.25) is 0 Å².